The van der Waals surface area contributed by atoms with Crippen molar-refractivity contribution in [2.75, 3.05) is 0 Å². The van der Waals surface area contributed by atoms with Crippen LogP contribution in [0.5, 0.6) is 5.75 Å². The van der Waals surface area contributed by atoms with Crippen molar-refractivity contribution in [3.8, 4) is 5.75 Å². The van der Waals surface area contributed by atoms with E-state index in [0.717, 1.165) is 5.56 Å². The van der Waals surface area contributed by atoms with Crippen LogP contribution >= 0.6 is 0 Å². The molecule has 108 valence electrons. The van der Waals surface area contributed by atoms with Gasteiger partial charge in [-0.2, -0.15) is 0 Å². The molecular formula is C17H16O4. The van der Waals surface area contributed by atoms with Crippen LogP contribution < -0.4 is 4.74 Å². The van der Waals surface area contributed by atoms with E-state index in [1.165, 1.54) is 0 Å². The second kappa shape index (κ2) is 4.84. The topological polar surface area (TPSA) is 62.2 Å². The van der Waals surface area contributed by atoms with Crippen molar-refractivity contribution < 1.29 is 19.7 Å². The van der Waals surface area contributed by atoms with Crippen molar-refractivity contribution in [2.24, 2.45) is 0 Å². The molecule has 21 heavy (non-hydrogen) atoms. The number of hydrogen-bond donors (Lipinski definition) is 2. The van der Waals surface area contributed by atoms with Crippen LogP contribution in [-0.2, 0) is 11.3 Å². The zero-order valence-electron chi connectivity index (χ0n) is 11.3. The Morgan fingerprint density at radius 3 is 2.48 bits per heavy atom. The quantitative estimate of drug-likeness (QED) is 0.847. The van der Waals surface area contributed by atoms with Crippen molar-refractivity contribution in [2.45, 2.75) is 31.0 Å². The van der Waals surface area contributed by atoms with Gasteiger partial charge in [0.1, 0.15) is 36.8 Å². The summed E-state index contributed by atoms with van der Waals surface area (Å²) >= 11 is 0. The molecule has 2 N–H and O–H groups in total. The van der Waals surface area contributed by atoms with Gasteiger partial charge in [0, 0.05) is 5.56 Å². The monoisotopic (exact) mass is 284 g/mol. The molecule has 4 nitrogen and oxygen atoms in total. The molecule has 1 fully saturated rings. The van der Waals surface area contributed by atoms with Crippen LogP contribution in [0.2, 0.25) is 0 Å². The normalized spacial score (nSPS) is 29.4. The van der Waals surface area contributed by atoms with E-state index in [4.69, 9.17) is 9.47 Å². The molecule has 0 unspecified atom stereocenters. The van der Waals surface area contributed by atoms with Crippen LogP contribution in [0, 0.1) is 0 Å². The lowest BCUT2D eigenvalue weighted by Crippen LogP contribution is -2.23. The fourth-order valence-corrected chi connectivity index (χ4v) is 2.98. The molecule has 2 aromatic rings. The van der Waals surface area contributed by atoms with E-state index in [2.05, 4.69) is 0 Å². The molecule has 0 spiro atoms. The van der Waals surface area contributed by atoms with Gasteiger partial charge in [0.15, 0.2) is 0 Å². The summed E-state index contributed by atoms with van der Waals surface area (Å²) < 4.78 is 11.2. The van der Waals surface area contributed by atoms with Crippen LogP contribution in [0.4, 0.5) is 0 Å². The van der Waals surface area contributed by atoms with E-state index in [0.29, 0.717) is 23.5 Å². The predicted molar refractivity (Wildman–Crippen MR) is 75.8 cm³/mol. The van der Waals surface area contributed by atoms with Gasteiger partial charge in [0.05, 0.1) is 0 Å². The highest BCUT2D eigenvalue weighted by Crippen LogP contribution is 2.51. The van der Waals surface area contributed by atoms with E-state index in [-0.39, 0.29) is 12.2 Å². The van der Waals surface area contributed by atoms with Crippen molar-refractivity contribution in [1.29, 1.82) is 0 Å². The van der Waals surface area contributed by atoms with Gasteiger partial charge in [-0.15, -0.1) is 0 Å². The molecule has 1 heterocycles. The van der Waals surface area contributed by atoms with Crippen LogP contribution in [0.3, 0.4) is 0 Å². The number of benzene rings is 2. The summed E-state index contributed by atoms with van der Waals surface area (Å²) in [5.41, 5.74) is 2.41. The van der Waals surface area contributed by atoms with Crippen molar-refractivity contribution in [1.82, 2.24) is 0 Å². The second-order valence-electron chi connectivity index (χ2n) is 5.49. The van der Waals surface area contributed by atoms with Gasteiger partial charge >= 0.3 is 0 Å². The van der Waals surface area contributed by atoms with Crippen LogP contribution in [0.25, 0.3) is 0 Å². The molecule has 0 saturated carbocycles. The Morgan fingerprint density at radius 1 is 0.905 bits per heavy atom. The SMILES string of the molecule is O[C@@H]1c2c(OCc3ccccc3)cccc2[C@H](O)[C@@H]2O[C@@H]21. The zero-order chi connectivity index (χ0) is 14.4. The zero-order valence-corrected chi connectivity index (χ0v) is 11.3. The third kappa shape index (κ3) is 2.12. The van der Waals surface area contributed by atoms with E-state index >= 15 is 0 Å². The minimum atomic E-state index is -0.736. The number of hydrogen-bond acceptors (Lipinski definition) is 4. The Balaban J connectivity index is 1.63. The minimum absolute atomic E-state index is 0.281. The molecule has 4 rings (SSSR count). The molecule has 2 aliphatic rings. The molecule has 0 radical (unpaired) electrons. The maximum Gasteiger partial charge on any atom is 0.126 e. The summed E-state index contributed by atoms with van der Waals surface area (Å²) in [5, 5.41) is 20.6. The van der Waals surface area contributed by atoms with Crippen LogP contribution in [-0.4, -0.2) is 22.4 Å². The standard InChI is InChI=1S/C17H16O4/c18-14-11-7-4-8-12(13(11)15(19)17-16(14)21-17)20-9-10-5-2-1-3-6-10/h1-8,14-19H,9H2/t14-,15+,16-,17+/m0/s1. The third-order valence-corrected chi connectivity index (χ3v) is 4.14. The summed E-state index contributed by atoms with van der Waals surface area (Å²) in [7, 11) is 0. The maximum absolute atomic E-state index is 10.4. The Bertz CT molecular complexity index is 655. The molecule has 0 amide bonds. The average molecular weight is 284 g/mol. The Labute approximate surface area is 122 Å². The molecule has 0 aromatic heterocycles. The van der Waals surface area contributed by atoms with Gasteiger partial charge in [-0.25, -0.2) is 0 Å². The first-order valence-electron chi connectivity index (χ1n) is 7.07. The molecule has 1 saturated heterocycles. The van der Waals surface area contributed by atoms with Crippen molar-refractivity contribution in [3.63, 3.8) is 0 Å². The Hall–Kier alpha value is -1.88. The van der Waals surface area contributed by atoms with Gasteiger partial charge in [0.2, 0.25) is 0 Å². The van der Waals surface area contributed by atoms with Gasteiger partial charge in [-0.1, -0.05) is 42.5 Å². The molecule has 4 atom stereocenters. The number of epoxide rings is 1. The molecule has 1 aliphatic heterocycles. The van der Waals surface area contributed by atoms with Crippen molar-refractivity contribution in [3.05, 3.63) is 65.2 Å². The number of fused-ring (bicyclic) bond motifs is 2. The summed E-state index contributed by atoms with van der Waals surface area (Å²) in [6, 6.07) is 15.3. The second-order valence-corrected chi connectivity index (χ2v) is 5.49. The molecule has 0 bridgehead atoms. The maximum atomic E-state index is 10.4. The lowest BCUT2D eigenvalue weighted by Gasteiger charge is -2.24. The van der Waals surface area contributed by atoms with Gasteiger partial charge in [0.25, 0.3) is 0 Å². The van der Waals surface area contributed by atoms with Gasteiger partial charge in [-0.05, 0) is 17.2 Å². The first kappa shape index (κ1) is 12.8. The van der Waals surface area contributed by atoms with Crippen LogP contribution in [0.15, 0.2) is 48.5 Å². The fourth-order valence-electron chi connectivity index (χ4n) is 2.98. The summed E-state index contributed by atoms with van der Waals surface area (Å²) in [6.07, 6.45) is -2.01. The summed E-state index contributed by atoms with van der Waals surface area (Å²) in [5.74, 6) is 0.608. The van der Waals surface area contributed by atoms with Gasteiger partial charge < -0.3 is 19.7 Å². The fraction of sp³-hybridized carbons (Fsp3) is 0.294. The minimum Gasteiger partial charge on any atom is -0.489 e. The summed E-state index contributed by atoms with van der Waals surface area (Å²) in [4.78, 5) is 0. The van der Waals surface area contributed by atoms with Crippen molar-refractivity contribution >= 4 is 0 Å². The number of aliphatic hydroxyl groups is 2. The highest BCUT2D eigenvalue weighted by Gasteiger charge is 2.55. The molecule has 2 aromatic carbocycles. The highest BCUT2D eigenvalue weighted by molar-refractivity contribution is 5.47. The van der Waals surface area contributed by atoms with E-state index < -0.39 is 12.2 Å². The number of rotatable bonds is 3. The molecule has 4 heteroatoms. The highest BCUT2D eigenvalue weighted by atomic mass is 16.6. The lowest BCUT2D eigenvalue weighted by atomic mass is 9.87. The Morgan fingerprint density at radius 2 is 1.67 bits per heavy atom. The van der Waals surface area contributed by atoms with Gasteiger partial charge in [-0.3, -0.25) is 0 Å². The van der Waals surface area contributed by atoms with E-state index in [1.54, 1.807) is 0 Å². The lowest BCUT2D eigenvalue weighted by molar-refractivity contribution is 0.115. The van der Waals surface area contributed by atoms with E-state index in [9.17, 15) is 10.2 Å². The first-order valence-corrected chi connectivity index (χ1v) is 7.07. The number of aliphatic hydroxyl groups excluding tert-OH is 2. The third-order valence-electron chi connectivity index (χ3n) is 4.14. The number of ether oxygens (including phenoxy) is 2. The predicted octanol–water partition coefficient (Wildman–Crippen LogP) is 2.11. The smallest absolute Gasteiger partial charge is 0.126 e. The summed E-state index contributed by atoms with van der Waals surface area (Å²) in [6.45, 7) is 0.426. The molecule has 1 aliphatic carbocycles. The molecular weight excluding hydrogens is 268 g/mol. The average Bonchev–Trinajstić information content (AvgIpc) is 3.32. The Kier molecular flexibility index (Phi) is 2.96. The largest absolute Gasteiger partial charge is 0.489 e. The van der Waals surface area contributed by atoms with Crippen LogP contribution in [0.1, 0.15) is 28.9 Å². The first-order chi connectivity index (χ1) is 10.3. The van der Waals surface area contributed by atoms with E-state index in [1.807, 2.05) is 48.5 Å².